The molecule has 0 radical (unpaired) electrons. The van der Waals surface area contributed by atoms with E-state index in [1.165, 1.54) is 21.6 Å². The van der Waals surface area contributed by atoms with Gasteiger partial charge in [0.1, 0.15) is 0 Å². The Labute approximate surface area is 179 Å². The van der Waals surface area contributed by atoms with Gasteiger partial charge in [0, 0.05) is 11.4 Å². The van der Waals surface area contributed by atoms with Crippen LogP contribution < -0.4 is 15.5 Å². The molecular formula is C23H31N4OS+. The molecule has 2 aromatic carbocycles. The Kier molecular flexibility index (Phi) is 7.23. The monoisotopic (exact) mass is 411 g/mol. The summed E-state index contributed by atoms with van der Waals surface area (Å²) in [6.07, 6.45) is 0.910. The molecule has 1 saturated heterocycles. The fraction of sp³-hybridized carbons (Fsp3) is 0.391. The van der Waals surface area contributed by atoms with Gasteiger partial charge >= 0.3 is 0 Å². The molecule has 3 N–H and O–H groups in total. The molecule has 0 aromatic heterocycles. The summed E-state index contributed by atoms with van der Waals surface area (Å²) in [7, 11) is 0. The molecule has 1 amide bonds. The third-order valence-corrected chi connectivity index (χ3v) is 5.84. The number of quaternary nitrogens is 1. The maximum absolute atomic E-state index is 12.5. The zero-order chi connectivity index (χ0) is 20.8. The van der Waals surface area contributed by atoms with Gasteiger partial charge in [0.15, 0.2) is 11.7 Å². The molecule has 2 aromatic rings. The van der Waals surface area contributed by atoms with Crippen LogP contribution in [0.3, 0.4) is 0 Å². The summed E-state index contributed by atoms with van der Waals surface area (Å²) in [5.74, 6) is 0.0745. The number of anilines is 2. The molecule has 0 atom stereocenters. The zero-order valence-corrected chi connectivity index (χ0v) is 18.4. The van der Waals surface area contributed by atoms with Crippen LogP contribution >= 0.6 is 12.2 Å². The topological polar surface area (TPSA) is 48.8 Å². The van der Waals surface area contributed by atoms with Crippen molar-refractivity contribution in [3.63, 3.8) is 0 Å². The smallest absolute Gasteiger partial charge is 0.279 e. The Morgan fingerprint density at radius 1 is 1.07 bits per heavy atom. The molecule has 3 rings (SSSR count). The first-order chi connectivity index (χ1) is 14.0. The number of aryl methyl sites for hydroxylation is 3. The van der Waals surface area contributed by atoms with Crippen molar-refractivity contribution in [3.05, 3.63) is 59.2 Å². The van der Waals surface area contributed by atoms with Gasteiger partial charge in [-0.2, -0.15) is 0 Å². The van der Waals surface area contributed by atoms with Gasteiger partial charge < -0.3 is 20.4 Å². The van der Waals surface area contributed by atoms with E-state index in [1.807, 2.05) is 18.2 Å². The van der Waals surface area contributed by atoms with Gasteiger partial charge in [-0.05, 0) is 61.3 Å². The molecule has 0 aliphatic carbocycles. The van der Waals surface area contributed by atoms with E-state index in [9.17, 15) is 4.79 Å². The number of thiocarbonyl (C=S) groups is 1. The maximum Gasteiger partial charge on any atom is 0.279 e. The minimum absolute atomic E-state index is 0.0745. The molecule has 0 unspecified atom stereocenters. The van der Waals surface area contributed by atoms with E-state index in [-0.39, 0.29) is 5.91 Å². The minimum atomic E-state index is 0.0745. The maximum atomic E-state index is 12.5. The molecule has 1 fully saturated rings. The third-order valence-electron chi connectivity index (χ3n) is 5.48. The molecule has 29 heavy (non-hydrogen) atoms. The molecule has 1 heterocycles. The van der Waals surface area contributed by atoms with E-state index in [4.69, 9.17) is 12.2 Å². The van der Waals surface area contributed by atoms with Crippen molar-refractivity contribution in [3.8, 4) is 0 Å². The minimum Gasteiger partial charge on any atom is -0.338 e. The number of hydrogen-bond acceptors (Lipinski definition) is 2. The van der Waals surface area contributed by atoms with Crippen LogP contribution in [0.2, 0.25) is 0 Å². The van der Waals surface area contributed by atoms with Gasteiger partial charge in [-0.25, -0.2) is 0 Å². The average molecular weight is 412 g/mol. The second kappa shape index (κ2) is 9.85. The average Bonchev–Trinajstić information content (AvgIpc) is 2.71. The van der Waals surface area contributed by atoms with E-state index in [2.05, 4.69) is 60.6 Å². The fourth-order valence-corrected chi connectivity index (χ4v) is 3.93. The van der Waals surface area contributed by atoms with Gasteiger partial charge in [0.2, 0.25) is 0 Å². The first kappa shape index (κ1) is 21.3. The van der Waals surface area contributed by atoms with Gasteiger partial charge in [-0.1, -0.05) is 37.3 Å². The summed E-state index contributed by atoms with van der Waals surface area (Å²) in [5.41, 5.74) is 5.57. The Balaban J connectivity index is 1.48. The number of piperazine rings is 1. The number of nitrogens with zero attached hydrogens (tertiary/aromatic N) is 1. The summed E-state index contributed by atoms with van der Waals surface area (Å²) in [4.78, 5) is 16.0. The van der Waals surface area contributed by atoms with Crippen molar-refractivity contribution in [2.45, 2.75) is 27.2 Å². The van der Waals surface area contributed by atoms with Crippen LogP contribution in [-0.4, -0.2) is 48.6 Å². The highest BCUT2D eigenvalue weighted by Gasteiger charge is 2.24. The lowest BCUT2D eigenvalue weighted by molar-refractivity contribution is -0.895. The number of para-hydroxylation sites is 1. The highest BCUT2D eigenvalue weighted by atomic mass is 32.1. The quantitative estimate of drug-likeness (QED) is 0.662. The number of nitrogens with one attached hydrogen (secondary N) is 3. The number of amides is 1. The highest BCUT2D eigenvalue weighted by Crippen LogP contribution is 2.17. The van der Waals surface area contributed by atoms with E-state index in [1.54, 1.807) is 0 Å². The van der Waals surface area contributed by atoms with Crippen LogP contribution in [0.4, 0.5) is 11.4 Å². The van der Waals surface area contributed by atoms with Crippen LogP contribution in [0.15, 0.2) is 42.5 Å². The Morgan fingerprint density at radius 3 is 2.52 bits per heavy atom. The number of rotatable bonds is 5. The van der Waals surface area contributed by atoms with Gasteiger partial charge in [-0.15, -0.1) is 0 Å². The van der Waals surface area contributed by atoms with Gasteiger partial charge in [-0.3, -0.25) is 4.79 Å². The summed E-state index contributed by atoms with van der Waals surface area (Å²) in [6, 6.07) is 14.3. The van der Waals surface area contributed by atoms with E-state index in [0.717, 1.165) is 49.1 Å². The van der Waals surface area contributed by atoms with Gasteiger partial charge in [0.25, 0.3) is 5.91 Å². The molecule has 1 aliphatic rings. The van der Waals surface area contributed by atoms with Crippen molar-refractivity contribution in [2.24, 2.45) is 0 Å². The second-order valence-electron chi connectivity index (χ2n) is 7.72. The summed E-state index contributed by atoms with van der Waals surface area (Å²) in [5, 5.41) is 7.23. The van der Waals surface area contributed by atoms with E-state index < -0.39 is 0 Å². The van der Waals surface area contributed by atoms with Crippen molar-refractivity contribution in [1.82, 2.24) is 4.90 Å². The molecule has 1 aliphatic heterocycles. The van der Waals surface area contributed by atoms with Crippen molar-refractivity contribution >= 4 is 34.6 Å². The predicted molar refractivity (Wildman–Crippen MR) is 124 cm³/mol. The molecule has 0 saturated carbocycles. The molecule has 6 heteroatoms. The molecule has 0 spiro atoms. The standard InChI is InChI=1S/C23H30N4OS/c1-4-19-7-5-6-8-20(19)24-22(28)16-26-11-13-27(14-12-26)23(29)25-21-15-17(2)9-10-18(21)3/h5-10,15H,4,11-14,16H2,1-3H3,(H,24,28)(H,25,29)/p+1. The van der Waals surface area contributed by atoms with Crippen LogP contribution in [0, 0.1) is 13.8 Å². The van der Waals surface area contributed by atoms with Crippen molar-refractivity contribution in [2.75, 3.05) is 43.4 Å². The van der Waals surface area contributed by atoms with E-state index >= 15 is 0 Å². The van der Waals surface area contributed by atoms with Crippen LogP contribution in [0.1, 0.15) is 23.6 Å². The SMILES string of the molecule is CCc1ccccc1NC(=O)C[NH+]1CCN(C(=S)Nc2cc(C)ccc2C)CC1. The lowest BCUT2D eigenvalue weighted by atomic mass is 10.1. The molecule has 5 nitrogen and oxygen atoms in total. The second-order valence-corrected chi connectivity index (χ2v) is 8.11. The Bertz CT molecular complexity index is 875. The molecule has 0 bridgehead atoms. The largest absolute Gasteiger partial charge is 0.338 e. The Morgan fingerprint density at radius 2 is 1.79 bits per heavy atom. The van der Waals surface area contributed by atoms with Crippen molar-refractivity contribution in [1.29, 1.82) is 0 Å². The number of hydrogen-bond donors (Lipinski definition) is 3. The zero-order valence-electron chi connectivity index (χ0n) is 17.5. The van der Waals surface area contributed by atoms with Crippen molar-refractivity contribution < 1.29 is 9.69 Å². The summed E-state index contributed by atoms with van der Waals surface area (Å²) < 4.78 is 0. The Hall–Kier alpha value is -2.44. The predicted octanol–water partition coefficient (Wildman–Crippen LogP) is 2.40. The highest BCUT2D eigenvalue weighted by molar-refractivity contribution is 7.80. The third kappa shape index (κ3) is 5.78. The first-order valence-corrected chi connectivity index (χ1v) is 10.7. The number of benzene rings is 2. The number of carbonyl (C=O) groups is 1. The van der Waals surface area contributed by atoms with Crippen LogP contribution in [-0.2, 0) is 11.2 Å². The van der Waals surface area contributed by atoms with E-state index in [0.29, 0.717) is 6.54 Å². The first-order valence-electron chi connectivity index (χ1n) is 10.3. The summed E-state index contributed by atoms with van der Waals surface area (Å²) in [6.45, 7) is 10.3. The normalized spacial score (nSPS) is 14.5. The van der Waals surface area contributed by atoms with Crippen LogP contribution in [0.25, 0.3) is 0 Å². The van der Waals surface area contributed by atoms with Crippen LogP contribution in [0.5, 0.6) is 0 Å². The summed E-state index contributed by atoms with van der Waals surface area (Å²) >= 11 is 5.63. The molecule has 154 valence electrons. The lowest BCUT2D eigenvalue weighted by Crippen LogP contribution is -3.15. The van der Waals surface area contributed by atoms with Gasteiger partial charge in [0.05, 0.1) is 26.2 Å². The number of carbonyl (C=O) groups excluding carboxylic acids is 1. The fourth-order valence-electron chi connectivity index (χ4n) is 3.64. The lowest BCUT2D eigenvalue weighted by Gasteiger charge is -2.33. The molecular weight excluding hydrogens is 380 g/mol.